The molecule has 1 atom stereocenters. The van der Waals surface area contributed by atoms with Crippen LogP contribution in [0.3, 0.4) is 0 Å². The third-order valence-corrected chi connectivity index (χ3v) is 2.88. The summed E-state index contributed by atoms with van der Waals surface area (Å²) in [6.07, 6.45) is 3.01. The van der Waals surface area contributed by atoms with Gasteiger partial charge in [0.15, 0.2) is 0 Å². The summed E-state index contributed by atoms with van der Waals surface area (Å²) in [5.74, 6) is 0. The fourth-order valence-corrected chi connectivity index (χ4v) is 1.52. The largest absolute Gasteiger partial charge is 0.378 e. The van der Waals surface area contributed by atoms with E-state index in [9.17, 15) is 0 Å². The van der Waals surface area contributed by atoms with Crippen LogP contribution in [0.15, 0.2) is 17.5 Å². The van der Waals surface area contributed by atoms with Gasteiger partial charge in [-0.1, -0.05) is 13.0 Å². The summed E-state index contributed by atoms with van der Waals surface area (Å²) in [5.41, 5.74) is 0. The van der Waals surface area contributed by atoms with Gasteiger partial charge >= 0.3 is 0 Å². The Morgan fingerprint density at radius 1 is 1.67 bits per heavy atom. The van der Waals surface area contributed by atoms with E-state index >= 15 is 0 Å². The molecule has 1 aliphatic rings. The van der Waals surface area contributed by atoms with Crippen molar-refractivity contribution in [2.45, 2.75) is 32.8 Å². The number of aryl methyl sites for hydroxylation is 1. The quantitative estimate of drug-likeness (QED) is 0.651. The lowest BCUT2D eigenvalue weighted by Crippen LogP contribution is -2.22. The molecule has 1 aromatic heterocycles. The summed E-state index contributed by atoms with van der Waals surface area (Å²) < 4.78 is 4.93. The minimum Gasteiger partial charge on any atom is -0.378 e. The van der Waals surface area contributed by atoms with Gasteiger partial charge in [-0.3, -0.25) is 0 Å². The molecule has 1 fully saturated rings. The zero-order valence-corrected chi connectivity index (χ0v) is 8.56. The van der Waals surface area contributed by atoms with Gasteiger partial charge in [0.2, 0.25) is 0 Å². The molecular weight excluding hydrogens is 168 g/mol. The molecule has 1 saturated heterocycles. The molecule has 0 spiro atoms. The van der Waals surface area contributed by atoms with Crippen molar-refractivity contribution in [1.29, 1.82) is 0 Å². The Hall–Kier alpha value is -0.340. The maximum absolute atomic E-state index is 4.93. The number of thiophene rings is 1. The fraction of sp³-hybridized carbons (Fsp3) is 0.600. The first kappa shape index (κ1) is 9.75. The van der Waals surface area contributed by atoms with Crippen molar-refractivity contribution in [2.75, 3.05) is 6.61 Å². The highest BCUT2D eigenvalue weighted by Crippen LogP contribution is 2.07. The lowest BCUT2D eigenvalue weighted by atomic mass is 10.2. The zero-order chi connectivity index (χ0) is 8.81. The van der Waals surface area contributed by atoms with Gasteiger partial charge in [0, 0.05) is 11.5 Å². The van der Waals surface area contributed by atoms with Crippen LogP contribution in [0.25, 0.3) is 0 Å². The van der Waals surface area contributed by atoms with Gasteiger partial charge in [0.05, 0.1) is 6.10 Å². The highest BCUT2D eigenvalue weighted by atomic mass is 32.1. The Bertz CT molecular complexity index is 190. The van der Waals surface area contributed by atoms with Crippen LogP contribution in [0.1, 0.15) is 25.1 Å². The first-order valence-corrected chi connectivity index (χ1v) is 5.35. The fourth-order valence-electron chi connectivity index (χ4n) is 0.867. The average Bonchev–Trinajstić information content (AvgIpc) is 2.53. The number of rotatable bonds is 1. The van der Waals surface area contributed by atoms with Crippen LogP contribution in [0.5, 0.6) is 0 Å². The summed E-state index contributed by atoms with van der Waals surface area (Å²) in [5, 5.41) is 2.11. The molecule has 1 unspecified atom stereocenters. The summed E-state index contributed by atoms with van der Waals surface area (Å²) >= 11 is 1.82. The van der Waals surface area contributed by atoms with E-state index in [0.717, 1.165) is 6.61 Å². The molecule has 0 saturated carbocycles. The Labute approximate surface area is 78.4 Å². The SMILES string of the molecule is CC1CCO1.CCc1cccs1. The summed E-state index contributed by atoms with van der Waals surface area (Å²) in [6, 6.07) is 4.24. The van der Waals surface area contributed by atoms with Gasteiger partial charge in [0.1, 0.15) is 0 Å². The monoisotopic (exact) mass is 184 g/mol. The predicted octanol–water partition coefficient (Wildman–Crippen LogP) is 3.11. The molecule has 0 radical (unpaired) electrons. The van der Waals surface area contributed by atoms with Crippen LogP contribution >= 0.6 is 11.3 Å². The number of hydrogen-bond donors (Lipinski definition) is 0. The molecule has 0 amide bonds. The molecule has 2 rings (SSSR count). The van der Waals surface area contributed by atoms with Crippen LogP contribution in [-0.4, -0.2) is 12.7 Å². The molecule has 2 heterocycles. The summed E-state index contributed by atoms with van der Waals surface area (Å²) in [6.45, 7) is 5.25. The number of ether oxygens (including phenoxy) is 1. The zero-order valence-electron chi connectivity index (χ0n) is 7.75. The second kappa shape index (κ2) is 5.33. The predicted molar refractivity (Wildman–Crippen MR) is 53.7 cm³/mol. The molecule has 2 heteroatoms. The summed E-state index contributed by atoms with van der Waals surface area (Å²) in [7, 11) is 0. The second-order valence-electron chi connectivity index (χ2n) is 2.90. The molecule has 0 bridgehead atoms. The lowest BCUT2D eigenvalue weighted by Gasteiger charge is -2.20. The van der Waals surface area contributed by atoms with Crippen LogP contribution in [0.4, 0.5) is 0 Å². The van der Waals surface area contributed by atoms with Crippen molar-refractivity contribution >= 4 is 11.3 Å². The standard InChI is InChI=1S/C6H8S.C4H8O/c1-2-6-4-3-5-7-6;1-4-2-3-5-4/h3-5H,2H2,1H3;4H,2-3H2,1H3. The third-order valence-electron chi connectivity index (χ3n) is 1.86. The lowest BCUT2D eigenvalue weighted by molar-refractivity contribution is -0.0375. The Balaban J connectivity index is 0.000000127. The van der Waals surface area contributed by atoms with E-state index in [0.29, 0.717) is 6.10 Å². The van der Waals surface area contributed by atoms with Crippen LogP contribution in [0, 0.1) is 0 Å². The van der Waals surface area contributed by atoms with Gasteiger partial charge in [-0.15, -0.1) is 11.3 Å². The third kappa shape index (κ3) is 3.37. The molecule has 68 valence electrons. The topological polar surface area (TPSA) is 9.23 Å². The van der Waals surface area contributed by atoms with E-state index in [4.69, 9.17) is 4.74 Å². The second-order valence-corrected chi connectivity index (χ2v) is 3.94. The van der Waals surface area contributed by atoms with Crippen molar-refractivity contribution in [2.24, 2.45) is 0 Å². The minimum absolute atomic E-state index is 0.565. The molecule has 1 nitrogen and oxygen atoms in total. The van der Waals surface area contributed by atoms with Gasteiger partial charge < -0.3 is 4.74 Å². The van der Waals surface area contributed by atoms with Gasteiger partial charge in [-0.05, 0) is 31.2 Å². The molecule has 12 heavy (non-hydrogen) atoms. The van der Waals surface area contributed by atoms with E-state index in [1.807, 2.05) is 11.3 Å². The van der Waals surface area contributed by atoms with E-state index in [2.05, 4.69) is 31.4 Å². The summed E-state index contributed by atoms with van der Waals surface area (Å²) in [4.78, 5) is 1.47. The molecule has 1 aliphatic heterocycles. The maximum atomic E-state index is 4.93. The first-order valence-electron chi connectivity index (χ1n) is 4.47. The van der Waals surface area contributed by atoms with Crippen molar-refractivity contribution < 1.29 is 4.74 Å². The smallest absolute Gasteiger partial charge is 0.0568 e. The van der Waals surface area contributed by atoms with Gasteiger partial charge in [0.25, 0.3) is 0 Å². The molecule has 0 N–H and O–H groups in total. The van der Waals surface area contributed by atoms with Crippen molar-refractivity contribution in [3.05, 3.63) is 22.4 Å². The van der Waals surface area contributed by atoms with Crippen LogP contribution in [-0.2, 0) is 11.2 Å². The highest BCUT2D eigenvalue weighted by Gasteiger charge is 2.09. The maximum Gasteiger partial charge on any atom is 0.0568 e. The van der Waals surface area contributed by atoms with E-state index < -0.39 is 0 Å². The Morgan fingerprint density at radius 3 is 2.50 bits per heavy atom. The van der Waals surface area contributed by atoms with Crippen LogP contribution < -0.4 is 0 Å². The van der Waals surface area contributed by atoms with E-state index in [1.165, 1.54) is 17.7 Å². The van der Waals surface area contributed by atoms with Crippen molar-refractivity contribution in [3.8, 4) is 0 Å². The average molecular weight is 184 g/mol. The molecule has 1 aromatic rings. The van der Waals surface area contributed by atoms with E-state index in [1.54, 1.807) is 0 Å². The van der Waals surface area contributed by atoms with Gasteiger partial charge in [-0.2, -0.15) is 0 Å². The van der Waals surface area contributed by atoms with Crippen LogP contribution in [0.2, 0.25) is 0 Å². The van der Waals surface area contributed by atoms with Gasteiger partial charge in [-0.25, -0.2) is 0 Å². The molecular formula is C10H16OS. The van der Waals surface area contributed by atoms with E-state index in [-0.39, 0.29) is 0 Å². The normalized spacial score (nSPS) is 20.7. The Morgan fingerprint density at radius 2 is 2.33 bits per heavy atom. The minimum atomic E-state index is 0.565. The molecule has 0 aromatic carbocycles. The van der Waals surface area contributed by atoms with Crippen molar-refractivity contribution in [1.82, 2.24) is 0 Å². The highest BCUT2D eigenvalue weighted by molar-refractivity contribution is 7.09. The molecule has 0 aliphatic carbocycles. The first-order chi connectivity index (χ1) is 5.83. The van der Waals surface area contributed by atoms with Crippen molar-refractivity contribution in [3.63, 3.8) is 0 Å². The number of hydrogen-bond acceptors (Lipinski definition) is 2. The Kier molecular flexibility index (Phi) is 4.33.